The highest BCUT2D eigenvalue weighted by Gasteiger charge is 2.24. The lowest BCUT2D eigenvalue weighted by Crippen LogP contribution is -2.49. The van der Waals surface area contributed by atoms with Crippen molar-refractivity contribution in [3.05, 3.63) is 12.2 Å². The lowest BCUT2D eigenvalue weighted by Gasteiger charge is -2.35. The standard InChI is InChI=1S/C11H22NO2.2C2H6/c1-6-12(7-2,8-3)9-10(4)11(13)14-5;2*1-2/h4,6-9H2,1-3,5H3;2*1-2H3/q+1;;. The van der Waals surface area contributed by atoms with Crippen LogP contribution in [-0.4, -0.2) is 43.7 Å². The fourth-order valence-electron chi connectivity index (χ4n) is 1.62. The van der Waals surface area contributed by atoms with Crippen molar-refractivity contribution < 1.29 is 14.0 Å². The molecule has 0 aromatic rings. The van der Waals surface area contributed by atoms with Gasteiger partial charge < -0.3 is 9.22 Å². The predicted molar refractivity (Wildman–Crippen MR) is 80.6 cm³/mol. The quantitative estimate of drug-likeness (QED) is 0.414. The van der Waals surface area contributed by atoms with Gasteiger partial charge in [0.1, 0.15) is 6.54 Å². The van der Waals surface area contributed by atoms with Crippen LogP contribution in [0, 0.1) is 0 Å². The number of rotatable bonds is 6. The number of ether oxygens (including phenoxy) is 1. The maximum Gasteiger partial charge on any atom is 0.338 e. The van der Waals surface area contributed by atoms with Crippen molar-refractivity contribution in [2.45, 2.75) is 48.5 Å². The van der Waals surface area contributed by atoms with E-state index in [2.05, 4.69) is 32.1 Å². The third-order valence-electron chi connectivity index (χ3n) is 3.01. The van der Waals surface area contributed by atoms with Crippen molar-refractivity contribution in [2.24, 2.45) is 0 Å². The Bertz CT molecular complexity index is 200. The van der Waals surface area contributed by atoms with Gasteiger partial charge in [-0.1, -0.05) is 34.3 Å². The molecular weight excluding hydrogens is 226 g/mol. The van der Waals surface area contributed by atoms with Crippen LogP contribution >= 0.6 is 0 Å². The molecule has 0 amide bonds. The van der Waals surface area contributed by atoms with E-state index < -0.39 is 0 Å². The van der Waals surface area contributed by atoms with E-state index >= 15 is 0 Å². The molecule has 3 nitrogen and oxygen atoms in total. The first-order chi connectivity index (χ1) is 8.55. The van der Waals surface area contributed by atoms with E-state index in [0.717, 1.165) is 24.1 Å². The summed E-state index contributed by atoms with van der Waals surface area (Å²) < 4.78 is 5.54. The van der Waals surface area contributed by atoms with Gasteiger partial charge in [-0.25, -0.2) is 4.79 Å². The average molecular weight is 260 g/mol. The van der Waals surface area contributed by atoms with Gasteiger partial charge in [0.05, 0.1) is 32.3 Å². The molecule has 0 unspecified atom stereocenters. The highest BCUT2D eigenvalue weighted by Crippen LogP contribution is 2.10. The highest BCUT2D eigenvalue weighted by atomic mass is 16.5. The van der Waals surface area contributed by atoms with Gasteiger partial charge in [-0.15, -0.1) is 0 Å². The molecule has 0 saturated carbocycles. The van der Waals surface area contributed by atoms with E-state index in [1.54, 1.807) is 0 Å². The van der Waals surface area contributed by atoms with Crippen molar-refractivity contribution in [2.75, 3.05) is 33.3 Å². The number of esters is 1. The number of carbonyl (C=O) groups is 1. The first-order valence-electron chi connectivity index (χ1n) is 7.16. The Morgan fingerprint density at radius 1 is 1.00 bits per heavy atom. The molecule has 0 aliphatic carbocycles. The molecule has 0 aliphatic rings. The minimum absolute atomic E-state index is 0.289. The molecule has 0 aliphatic heterocycles. The van der Waals surface area contributed by atoms with Gasteiger partial charge in [-0.3, -0.25) is 0 Å². The van der Waals surface area contributed by atoms with Gasteiger partial charge in [-0.05, 0) is 20.8 Å². The van der Waals surface area contributed by atoms with Gasteiger partial charge in [0.15, 0.2) is 0 Å². The molecule has 0 aromatic heterocycles. The number of carbonyl (C=O) groups excluding carboxylic acids is 1. The number of quaternary nitrogens is 1. The molecule has 0 N–H and O–H groups in total. The molecule has 110 valence electrons. The molecule has 0 radical (unpaired) electrons. The number of nitrogens with zero attached hydrogens (tertiary/aromatic N) is 1. The van der Waals surface area contributed by atoms with Crippen LogP contribution in [0.4, 0.5) is 0 Å². The SMILES string of the molecule is C=C(C[N+](CC)(CC)CC)C(=O)OC.CC.CC. The molecule has 0 spiro atoms. The molecule has 0 bridgehead atoms. The second kappa shape index (κ2) is 14.2. The smallest absolute Gasteiger partial charge is 0.338 e. The summed E-state index contributed by atoms with van der Waals surface area (Å²) in [6.45, 7) is 21.9. The van der Waals surface area contributed by atoms with E-state index in [4.69, 9.17) is 0 Å². The minimum atomic E-state index is -0.289. The van der Waals surface area contributed by atoms with Crippen molar-refractivity contribution in [3.8, 4) is 0 Å². The van der Waals surface area contributed by atoms with Gasteiger partial charge in [0.25, 0.3) is 0 Å². The van der Waals surface area contributed by atoms with Crippen LogP contribution in [0.15, 0.2) is 12.2 Å². The molecule has 0 aromatic carbocycles. The van der Waals surface area contributed by atoms with Crippen LogP contribution in [0.3, 0.4) is 0 Å². The summed E-state index contributed by atoms with van der Waals surface area (Å²) in [5.41, 5.74) is 0.568. The molecule has 0 rings (SSSR count). The van der Waals surface area contributed by atoms with Gasteiger partial charge >= 0.3 is 5.97 Å². The Morgan fingerprint density at radius 3 is 1.56 bits per heavy atom. The summed E-state index contributed by atoms with van der Waals surface area (Å²) in [4.78, 5) is 11.2. The van der Waals surface area contributed by atoms with Gasteiger partial charge in [0, 0.05) is 0 Å². The summed E-state index contributed by atoms with van der Waals surface area (Å²) in [5.74, 6) is -0.289. The van der Waals surface area contributed by atoms with E-state index in [9.17, 15) is 4.79 Å². The zero-order chi connectivity index (χ0) is 15.2. The average Bonchev–Trinajstić information content (AvgIpc) is 2.48. The normalized spacial score (nSPS) is 9.33. The first kappa shape index (κ1) is 22.4. The Labute approximate surface area is 114 Å². The second-order valence-electron chi connectivity index (χ2n) is 3.54. The van der Waals surface area contributed by atoms with Crippen LogP contribution in [0.1, 0.15) is 48.5 Å². The van der Waals surface area contributed by atoms with Crippen molar-refractivity contribution in [1.29, 1.82) is 0 Å². The molecular formula is C15H34NO2+. The topological polar surface area (TPSA) is 26.3 Å². The molecule has 0 saturated heterocycles. The minimum Gasteiger partial charge on any atom is -0.466 e. The number of methoxy groups -OCH3 is 1. The summed E-state index contributed by atoms with van der Waals surface area (Å²) in [5, 5.41) is 0. The molecule has 3 heteroatoms. The molecule has 18 heavy (non-hydrogen) atoms. The zero-order valence-corrected chi connectivity index (χ0v) is 13.8. The number of likely N-dealkylation sites (N-methyl/N-ethyl adjacent to an activating group) is 1. The summed E-state index contributed by atoms with van der Waals surface area (Å²) in [6.07, 6.45) is 0. The second-order valence-corrected chi connectivity index (χ2v) is 3.54. The summed E-state index contributed by atoms with van der Waals surface area (Å²) in [7, 11) is 1.39. The Hall–Kier alpha value is -0.830. The lowest BCUT2D eigenvalue weighted by molar-refractivity contribution is -0.918. The third kappa shape index (κ3) is 8.29. The molecule has 0 fully saturated rings. The van der Waals surface area contributed by atoms with Crippen LogP contribution < -0.4 is 0 Å². The highest BCUT2D eigenvalue weighted by molar-refractivity contribution is 5.87. The fourth-order valence-corrected chi connectivity index (χ4v) is 1.62. The first-order valence-corrected chi connectivity index (χ1v) is 7.16. The van der Waals surface area contributed by atoms with Crippen molar-refractivity contribution in [1.82, 2.24) is 0 Å². The van der Waals surface area contributed by atoms with Gasteiger partial charge in [-0.2, -0.15) is 0 Å². The van der Waals surface area contributed by atoms with Crippen LogP contribution in [0.5, 0.6) is 0 Å². The van der Waals surface area contributed by atoms with Gasteiger partial charge in [0.2, 0.25) is 0 Å². The molecule has 0 atom stereocenters. The fraction of sp³-hybridized carbons (Fsp3) is 0.800. The van der Waals surface area contributed by atoms with Crippen molar-refractivity contribution >= 4 is 5.97 Å². The predicted octanol–water partition coefficient (Wildman–Crippen LogP) is 3.64. The largest absolute Gasteiger partial charge is 0.466 e. The van der Waals surface area contributed by atoms with Crippen LogP contribution in [0.25, 0.3) is 0 Å². The van der Waals surface area contributed by atoms with Crippen LogP contribution in [-0.2, 0) is 9.53 Å². The van der Waals surface area contributed by atoms with E-state index in [1.807, 2.05) is 27.7 Å². The third-order valence-corrected chi connectivity index (χ3v) is 3.01. The Balaban J connectivity index is -0.000000506. The van der Waals surface area contributed by atoms with E-state index in [1.165, 1.54) is 7.11 Å². The molecule has 0 heterocycles. The monoisotopic (exact) mass is 260 g/mol. The summed E-state index contributed by atoms with van der Waals surface area (Å²) >= 11 is 0. The Morgan fingerprint density at radius 2 is 1.33 bits per heavy atom. The number of hydrogen-bond donors (Lipinski definition) is 0. The van der Waals surface area contributed by atoms with E-state index in [0.29, 0.717) is 12.1 Å². The van der Waals surface area contributed by atoms with Crippen LogP contribution in [0.2, 0.25) is 0 Å². The Kier molecular flexibility index (Phi) is 17.7. The number of hydrogen-bond acceptors (Lipinski definition) is 2. The van der Waals surface area contributed by atoms with Crippen molar-refractivity contribution in [3.63, 3.8) is 0 Å². The van der Waals surface area contributed by atoms with E-state index in [-0.39, 0.29) is 5.97 Å². The maximum atomic E-state index is 11.2. The summed E-state index contributed by atoms with van der Waals surface area (Å²) in [6, 6.07) is 0. The maximum absolute atomic E-state index is 11.2. The zero-order valence-electron chi connectivity index (χ0n) is 13.8. The lowest BCUT2D eigenvalue weighted by atomic mass is 10.2.